The fraction of sp³-hybridized carbons (Fsp3) is 0.478. The Labute approximate surface area is 182 Å². The number of rotatable bonds is 5. The lowest BCUT2D eigenvalue weighted by Gasteiger charge is -2.38. The third-order valence-electron chi connectivity index (χ3n) is 6.17. The molecule has 0 bridgehead atoms. The summed E-state index contributed by atoms with van der Waals surface area (Å²) in [5, 5.41) is 3.02. The lowest BCUT2D eigenvalue weighted by atomic mass is 10.0. The molecule has 8 nitrogen and oxygen atoms in total. The summed E-state index contributed by atoms with van der Waals surface area (Å²) in [6, 6.07) is 7.85. The lowest BCUT2D eigenvalue weighted by molar-refractivity contribution is -0.136. The molecule has 8 heteroatoms. The van der Waals surface area contributed by atoms with Gasteiger partial charge in [-0.05, 0) is 31.9 Å². The molecule has 4 rings (SSSR count). The van der Waals surface area contributed by atoms with Crippen molar-refractivity contribution in [1.29, 1.82) is 0 Å². The topological polar surface area (TPSA) is 87.7 Å². The van der Waals surface area contributed by atoms with Crippen LogP contribution >= 0.6 is 0 Å². The molecule has 2 aromatic rings. The van der Waals surface area contributed by atoms with E-state index < -0.39 is 0 Å². The number of piperazine rings is 1. The summed E-state index contributed by atoms with van der Waals surface area (Å²) < 4.78 is 5.32. The van der Waals surface area contributed by atoms with Crippen molar-refractivity contribution < 1.29 is 14.3 Å². The number of nitrogens with zero attached hydrogens (tertiary/aromatic N) is 4. The summed E-state index contributed by atoms with van der Waals surface area (Å²) in [5.74, 6) is 0.535. The molecule has 2 heterocycles. The van der Waals surface area contributed by atoms with Gasteiger partial charge in [0, 0.05) is 50.2 Å². The molecule has 0 spiro atoms. The molecule has 0 radical (unpaired) electrons. The van der Waals surface area contributed by atoms with E-state index in [0.29, 0.717) is 13.1 Å². The smallest absolute Gasteiger partial charge is 0.271 e. The predicted octanol–water partition coefficient (Wildman–Crippen LogP) is 2.04. The molecule has 1 N–H and O–H groups in total. The number of anilines is 1. The van der Waals surface area contributed by atoms with Gasteiger partial charge in [-0.15, -0.1) is 0 Å². The molecule has 1 aliphatic carbocycles. The zero-order chi connectivity index (χ0) is 21.8. The van der Waals surface area contributed by atoms with Crippen LogP contribution in [0.4, 0.5) is 5.69 Å². The number of hydrogen-bond donors (Lipinski definition) is 1. The molecular weight excluding hydrogens is 394 g/mol. The molecule has 31 heavy (non-hydrogen) atoms. The Kier molecular flexibility index (Phi) is 6.34. The number of carbonyl (C=O) groups excluding carboxylic acids is 2. The van der Waals surface area contributed by atoms with Crippen LogP contribution in [0.1, 0.15) is 35.4 Å². The van der Waals surface area contributed by atoms with Crippen LogP contribution in [0.3, 0.4) is 0 Å². The molecule has 2 amide bonds. The average molecular weight is 424 g/mol. The Morgan fingerprint density at radius 1 is 1.10 bits per heavy atom. The first-order valence-electron chi connectivity index (χ1n) is 10.8. The Balaban J connectivity index is 1.34. The van der Waals surface area contributed by atoms with E-state index in [1.807, 2.05) is 30.0 Å². The van der Waals surface area contributed by atoms with Crippen molar-refractivity contribution in [2.24, 2.45) is 5.92 Å². The normalized spacial score (nSPS) is 21.1. The molecule has 1 saturated heterocycles. The van der Waals surface area contributed by atoms with Gasteiger partial charge in [-0.1, -0.05) is 12.5 Å². The second kappa shape index (κ2) is 9.32. The van der Waals surface area contributed by atoms with Crippen molar-refractivity contribution in [3.05, 3.63) is 48.0 Å². The van der Waals surface area contributed by atoms with Gasteiger partial charge >= 0.3 is 0 Å². The van der Waals surface area contributed by atoms with Crippen LogP contribution in [0.5, 0.6) is 5.75 Å². The number of carbonyl (C=O) groups is 2. The minimum atomic E-state index is -0.264. The number of aryl methyl sites for hydroxylation is 1. The van der Waals surface area contributed by atoms with Gasteiger partial charge in [0.05, 0.1) is 24.9 Å². The number of methoxy groups -OCH3 is 1. The first kappa shape index (κ1) is 21.1. The monoisotopic (exact) mass is 423 g/mol. The van der Waals surface area contributed by atoms with Gasteiger partial charge in [0.25, 0.3) is 5.91 Å². The van der Waals surface area contributed by atoms with Crippen molar-refractivity contribution >= 4 is 17.5 Å². The van der Waals surface area contributed by atoms with E-state index in [2.05, 4.69) is 26.3 Å². The summed E-state index contributed by atoms with van der Waals surface area (Å²) in [6.45, 7) is 4.74. The molecule has 2 aliphatic rings. The SMILES string of the molecule is COc1cccc(N2CCN(C(=O)[C@H]3CCC[C@H]3NC(=O)c3cnc(C)cn3)CC2)c1. The highest BCUT2D eigenvalue weighted by molar-refractivity contribution is 5.92. The Morgan fingerprint density at radius 2 is 1.90 bits per heavy atom. The molecule has 2 fully saturated rings. The van der Waals surface area contributed by atoms with E-state index in [-0.39, 0.29) is 29.5 Å². The zero-order valence-electron chi connectivity index (χ0n) is 18.1. The predicted molar refractivity (Wildman–Crippen MR) is 117 cm³/mol. The quantitative estimate of drug-likeness (QED) is 0.792. The highest BCUT2D eigenvalue weighted by Crippen LogP contribution is 2.29. The number of ether oxygens (including phenoxy) is 1. The van der Waals surface area contributed by atoms with Crippen molar-refractivity contribution in [3.8, 4) is 5.75 Å². The Hall–Kier alpha value is -3.16. The lowest BCUT2D eigenvalue weighted by Crippen LogP contribution is -2.53. The van der Waals surface area contributed by atoms with E-state index in [4.69, 9.17) is 4.74 Å². The van der Waals surface area contributed by atoms with Crippen molar-refractivity contribution in [2.75, 3.05) is 38.2 Å². The summed E-state index contributed by atoms with van der Waals surface area (Å²) >= 11 is 0. The third-order valence-corrected chi connectivity index (χ3v) is 6.17. The number of benzene rings is 1. The number of hydrogen-bond acceptors (Lipinski definition) is 6. The van der Waals surface area contributed by atoms with Gasteiger partial charge in [0.2, 0.25) is 5.91 Å². The first-order valence-corrected chi connectivity index (χ1v) is 10.8. The highest BCUT2D eigenvalue weighted by atomic mass is 16.5. The molecule has 1 saturated carbocycles. The van der Waals surface area contributed by atoms with Gasteiger partial charge in [-0.25, -0.2) is 4.98 Å². The first-order chi connectivity index (χ1) is 15.0. The van der Waals surface area contributed by atoms with E-state index in [9.17, 15) is 9.59 Å². The molecule has 164 valence electrons. The van der Waals surface area contributed by atoms with Crippen LogP contribution in [-0.4, -0.2) is 66.0 Å². The average Bonchev–Trinajstić information content (AvgIpc) is 3.27. The van der Waals surface area contributed by atoms with Crippen LogP contribution in [0.25, 0.3) is 0 Å². The van der Waals surface area contributed by atoms with E-state index >= 15 is 0 Å². The minimum Gasteiger partial charge on any atom is -0.497 e. The van der Waals surface area contributed by atoms with Crippen molar-refractivity contribution in [1.82, 2.24) is 20.2 Å². The number of aromatic nitrogens is 2. The van der Waals surface area contributed by atoms with E-state index in [0.717, 1.165) is 49.5 Å². The Bertz CT molecular complexity index is 925. The third kappa shape index (κ3) is 4.78. The van der Waals surface area contributed by atoms with E-state index in [1.165, 1.54) is 6.20 Å². The fourth-order valence-electron chi connectivity index (χ4n) is 4.41. The van der Waals surface area contributed by atoms with Crippen LogP contribution in [0.15, 0.2) is 36.7 Å². The minimum absolute atomic E-state index is 0.142. The van der Waals surface area contributed by atoms with Gasteiger partial charge in [-0.2, -0.15) is 0 Å². The second-order valence-electron chi connectivity index (χ2n) is 8.17. The summed E-state index contributed by atoms with van der Waals surface area (Å²) in [6.07, 6.45) is 5.61. The van der Waals surface area contributed by atoms with Gasteiger partial charge < -0.3 is 19.9 Å². The molecule has 1 aromatic heterocycles. The van der Waals surface area contributed by atoms with Crippen LogP contribution in [0, 0.1) is 12.8 Å². The van der Waals surface area contributed by atoms with Gasteiger partial charge in [0.1, 0.15) is 11.4 Å². The van der Waals surface area contributed by atoms with Crippen molar-refractivity contribution in [3.63, 3.8) is 0 Å². The highest BCUT2D eigenvalue weighted by Gasteiger charge is 2.37. The Morgan fingerprint density at radius 3 is 2.61 bits per heavy atom. The maximum atomic E-state index is 13.2. The summed E-state index contributed by atoms with van der Waals surface area (Å²) in [7, 11) is 1.66. The maximum Gasteiger partial charge on any atom is 0.271 e. The van der Waals surface area contributed by atoms with E-state index in [1.54, 1.807) is 13.3 Å². The maximum absolute atomic E-state index is 13.2. The zero-order valence-corrected chi connectivity index (χ0v) is 18.1. The van der Waals surface area contributed by atoms with Gasteiger partial charge in [0.15, 0.2) is 0 Å². The molecule has 0 unspecified atom stereocenters. The largest absolute Gasteiger partial charge is 0.497 e. The van der Waals surface area contributed by atoms with Gasteiger partial charge in [-0.3, -0.25) is 14.6 Å². The molecular formula is C23H29N5O3. The summed E-state index contributed by atoms with van der Waals surface area (Å²) in [4.78, 5) is 38.3. The fourth-order valence-corrected chi connectivity index (χ4v) is 4.41. The summed E-state index contributed by atoms with van der Waals surface area (Å²) in [5.41, 5.74) is 2.16. The molecule has 1 aromatic carbocycles. The number of amides is 2. The molecule has 2 atom stereocenters. The van der Waals surface area contributed by atoms with Crippen molar-refractivity contribution in [2.45, 2.75) is 32.2 Å². The van der Waals surface area contributed by atoms with Crippen LogP contribution in [-0.2, 0) is 4.79 Å². The van der Waals surface area contributed by atoms with Crippen LogP contribution in [0.2, 0.25) is 0 Å². The van der Waals surface area contributed by atoms with Crippen LogP contribution < -0.4 is 15.0 Å². The standard InChI is InChI=1S/C23H29N5O3/c1-16-14-25-21(15-24-16)22(29)26-20-8-4-7-19(20)23(30)28-11-9-27(10-12-28)17-5-3-6-18(13-17)31-2/h3,5-6,13-15,19-20H,4,7-12H2,1-2H3,(H,26,29)/t19-,20+/m0/s1. The molecule has 1 aliphatic heterocycles. The number of nitrogens with one attached hydrogen (secondary N) is 1. The second-order valence-corrected chi connectivity index (χ2v) is 8.17.